The summed E-state index contributed by atoms with van der Waals surface area (Å²) < 4.78 is 6.80. The van der Waals surface area contributed by atoms with Gasteiger partial charge in [-0.1, -0.05) is 72.0 Å². The van der Waals surface area contributed by atoms with E-state index >= 15 is 0 Å². The molecule has 5 heteroatoms. The van der Waals surface area contributed by atoms with E-state index < -0.39 is 7.92 Å². The summed E-state index contributed by atoms with van der Waals surface area (Å²) in [6, 6.07) is 21.6. The fourth-order valence-corrected chi connectivity index (χ4v) is 6.69. The summed E-state index contributed by atoms with van der Waals surface area (Å²) in [6.45, 7) is 3.45. The quantitative estimate of drug-likeness (QED) is 0.674. The van der Waals surface area contributed by atoms with Crippen LogP contribution in [-0.2, 0) is 4.74 Å². The Morgan fingerprint density at radius 1 is 0.875 bits per heavy atom. The SMILES string of the molecule is c1ccc(P(c2ccccc2)c2cnc(N3CCOCC3)s2)cc1. The van der Waals surface area contributed by atoms with E-state index in [1.807, 2.05) is 11.3 Å². The van der Waals surface area contributed by atoms with Gasteiger partial charge in [0.25, 0.3) is 0 Å². The van der Waals surface area contributed by atoms with Gasteiger partial charge in [-0.2, -0.15) is 0 Å². The molecule has 2 aromatic carbocycles. The molecular weight excluding hydrogens is 335 g/mol. The number of thiazole rings is 1. The molecule has 0 radical (unpaired) electrons. The van der Waals surface area contributed by atoms with Gasteiger partial charge < -0.3 is 9.64 Å². The summed E-state index contributed by atoms with van der Waals surface area (Å²) in [4.78, 5) is 7.05. The average Bonchev–Trinajstić information content (AvgIpc) is 3.14. The lowest BCUT2D eigenvalue weighted by molar-refractivity contribution is 0.122. The van der Waals surface area contributed by atoms with E-state index in [0.717, 1.165) is 31.4 Å². The van der Waals surface area contributed by atoms with Crippen LogP contribution in [0.2, 0.25) is 0 Å². The number of hydrogen-bond acceptors (Lipinski definition) is 4. The van der Waals surface area contributed by atoms with Crippen molar-refractivity contribution in [3.8, 4) is 0 Å². The van der Waals surface area contributed by atoms with E-state index in [1.165, 1.54) is 15.2 Å². The molecule has 1 fully saturated rings. The molecule has 1 saturated heterocycles. The standard InChI is InChI=1S/C19H19N2OPS/c1-3-7-16(8-4-1)23(17-9-5-2-6-10-17)18-15-20-19(24-18)21-11-13-22-14-12-21/h1-10,15H,11-14H2. The van der Waals surface area contributed by atoms with Crippen LogP contribution in [0.1, 0.15) is 0 Å². The topological polar surface area (TPSA) is 25.4 Å². The maximum Gasteiger partial charge on any atom is 0.186 e. The van der Waals surface area contributed by atoms with Crippen molar-refractivity contribution < 1.29 is 4.74 Å². The summed E-state index contributed by atoms with van der Waals surface area (Å²) in [5, 5.41) is 3.86. The predicted octanol–water partition coefficient (Wildman–Crippen LogP) is 2.74. The number of morpholine rings is 1. The predicted molar refractivity (Wildman–Crippen MR) is 104 cm³/mol. The smallest absolute Gasteiger partial charge is 0.186 e. The number of anilines is 1. The van der Waals surface area contributed by atoms with Crippen molar-refractivity contribution in [3.05, 3.63) is 66.9 Å². The molecule has 0 spiro atoms. The molecule has 0 saturated carbocycles. The molecule has 24 heavy (non-hydrogen) atoms. The van der Waals surface area contributed by atoms with E-state index in [0.29, 0.717) is 0 Å². The van der Waals surface area contributed by atoms with Gasteiger partial charge in [0.05, 0.1) is 17.8 Å². The zero-order valence-corrected chi connectivity index (χ0v) is 15.0. The Bertz CT molecular complexity index is 733. The van der Waals surface area contributed by atoms with Crippen molar-refractivity contribution in [1.29, 1.82) is 0 Å². The first-order valence-corrected chi connectivity index (χ1v) is 10.3. The van der Waals surface area contributed by atoms with E-state index in [1.54, 1.807) is 0 Å². The zero-order chi connectivity index (χ0) is 16.2. The Kier molecular flexibility index (Phi) is 4.88. The van der Waals surface area contributed by atoms with E-state index in [4.69, 9.17) is 9.72 Å². The third-order valence-corrected chi connectivity index (χ3v) is 7.88. The fourth-order valence-electron chi connectivity index (χ4n) is 2.82. The molecule has 0 unspecified atom stereocenters. The normalized spacial score (nSPS) is 15.0. The van der Waals surface area contributed by atoms with Gasteiger partial charge in [-0.3, -0.25) is 0 Å². The van der Waals surface area contributed by atoms with Crippen LogP contribution in [0.25, 0.3) is 0 Å². The second-order valence-electron chi connectivity index (χ2n) is 5.59. The number of aromatic nitrogens is 1. The van der Waals surface area contributed by atoms with Crippen LogP contribution in [0.3, 0.4) is 0 Å². The molecule has 0 atom stereocenters. The second-order valence-corrected chi connectivity index (χ2v) is 9.08. The molecule has 0 aliphatic carbocycles. The molecule has 3 aromatic rings. The third kappa shape index (κ3) is 3.36. The van der Waals surface area contributed by atoms with Crippen molar-refractivity contribution >= 4 is 39.6 Å². The van der Waals surface area contributed by atoms with Crippen LogP contribution in [0.15, 0.2) is 66.9 Å². The summed E-state index contributed by atoms with van der Waals surface area (Å²) >= 11 is 1.83. The molecule has 0 bridgehead atoms. The van der Waals surface area contributed by atoms with E-state index in [2.05, 4.69) is 71.8 Å². The maximum absolute atomic E-state index is 5.45. The molecule has 2 heterocycles. The van der Waals surface area contributed by atoms with Gasteiger partial charge in [0.15, 0.2) is 5.13 Å². The number of hydrogen-bond donors (Lipinski definition) is 0. The van der Waals surface area contributed by atoms with Gasteiger partial charge in [0, 0.05) is 19.3 Å². The van der Waals surface area contributed by atoms with Crippen LogP contribution in [-0.4, -0.2) is 31.3 Å². The minimum Gasteiger partial charge on any atom is -0.378 e. The first-order valence-electron chi connectivity index (χ1n) is 8.10. The minimum atomic E-state index is -0.548. The highest BCUT2D eigenvalue weighted by atomic mass is 32.1. The molecule has 3 nitrogen and oxygen atoms in total. The lowest BCUT2D eigenvalue weighted by Crippen LogP contribution is -2.36. The molecule has 4 rings (SSSR count). The van der Waals surface area contributed by atoms with Crippen LogP contribution < -0.4 is 20.1 Å². The summed E-state index contributed by atoms with van der Waals surface area (Å²) in [5.41, 5.74) is 0. The molecule has 1 aliphatic rings. The molecule has 1 aliphatic heterocycles. The van der Waals surface area contributed by atoms with E-state index in [9.17, 15) is 0 Å². The van der Waals surface area contributed by atoms with Gasteiger partial charge in [0.1, 0.15) is 0 Å². The first-order chi connectivity index (χ1) is 11.9. The summed E-state index contributed by atoms with van der Waals surface area (Å²) in [5.74, 6) is 0. The van der Waals surface area contributed by atoms with Crippen molar-refractivity contribution in [2.75, 3.05) is 31.2 Å². The van der Waals surface area contributed by atoms with Gasteiger partial charge >= 0.3 is 0 Å². The fraction of sp³-hybridized carbons (Fsp3) is 0.211. The Balaban J connectivity index is 1.70. The lowest BCUT2D eigenvalue weighted by Gasteiger charge is -2.26. The zero-order valence-electron chi connectivity index (χ0n) is 13.3. The molecule has 1 aromatic heterocycles. The summed E-state index contributed by atoms with van der Waals surface area (Å²) in [7, 11) is -0.548. The number of benzene rings is 2. The van der Waals surface area contributed by atoms with Gasteiger partial charge in [-0.25, -0.2) is 4.98 Å². The Morgan fingerprint density at radius 2 is 1.46 bits per heavy atom. The van der Waals surface area contributed by atoms with Gasteiger partial charge in [-0.15, -0.1) is 0 Å². The Labute approximate surface area is 147 Å². The van der Waals surface area contributed by atoms with Crippen LogP contribution in [0, 0.1) is 0 Å². The van der Waals surface area contributed by atoms with Crippen molar-refractivity contribution in [1.82, 2.24) is 4.98 Å². The average molecular weight is 354 g/mol. The lowest BCUT2D eigenvalue weighted by atomic mass is 10.4. The Hall–Kier alpha value is -1.74. The van der Waals surface area contributed by atoms with Crippen LogP contribution in [0.4, 0.5) is 5.13 Å². The number of rotatable bonds is 4. The van der Waals surface area contributed by atoms with Crippen molar-refractivity contribution in [2.24, 2.45) is 0 Å². The largest absolute Gasteiger partial charge is 0.378 e. The second kappa shape index (κ2) is 7.43. The number of nitrogens with zero attached hydrogens (tertiary/aromatic N) is 2. The van der Waals surface area contributed by atoms with Crippen LogP contribution in [0.5, 0.6) is 0 Å². The number of ether oxygens (including phenoxy) is 1. The molecule has 0 amide bonds. The molecule has 0 N–H and O–H groups in total. The van der Waals surface area contributed by atoms with E-state index in [-0.39, 0.29) is 0 Å². The van der Waals surface area contributed by atoms with Crippen LogP contribution >= 0.6 is 19.3 Å². The van der Waals surface area contributed by atoms with Crippen molar-refractivity contribution in [2.45, 2.75) is 0 Å². The highest BCUT2D eigenvalue weighted by Crippen LogP contribution is 2.36. The first kappa shape index (κ1) is 15.8. The minimum absolute atomic E-state index is 0.548. The van der Waals surface area contributed by atoms with Gasteiger partial charge in [0.2, 0.25) is 0 Å². The highest BCUT2D eigenvalue weighted by molar-refractivity contribution is 7.84. The molecule has 122 valence electrons. The van der Waals surface area contributed by atoms with Crippen molar-refractivity contribution in [3.63, 3.8) is 0 Å². The third-order valence-electron chi connectivity index (χ3n) is 4.01. The molecular formula is C19H19N2OPS. The van der Waals surface area contributed by atoms with Gasteiger partial charge in [-0.05, 0) is 18.5 Å². The maximum atomic E-state index is 5.45. The summed E-state index contributed by atoms with van der Waals surface area (Å²) in [6.07, 6.45) is 2.07. The Morgan fingerprint density at radius 3 is 2.04 bits per heavy atom. The monoisotopic (exact) mass is 354 g/mol. The highest BCUT2D eigenvalue weighted by Gasteiger charge is 2.21.